The molecule has 2 nitrogen and oxygen atoms in total. The third kappa shape index (κ3) is 2.01. The lowest BCUT2D eigenvalue weighted by atomic mass is 10.0. The minimum atomic E-state index is 0.950. The van der Waals surface area contributed by atoms with Crippen LogP contribution in [0.2, 0.25) is 0 Å². The highest BCUT2D eigenvalue weighted by molar-refractivity contribution is 6.16. The number of benzene rings is 3. The summed E-state index contributed by atoms with van der Waals surface area (Å²) in [5.41, 5.74) is 5.43. The topological polar surface area (TPSA) is 17.0 Å². The molecular weight excluding hydrogens is 306 g/mol. The molecule has 0 aliphatic rings. The molecular formula is C23H18NO+. The Morgan fingerprint density at radius 2 is 1.44 bits per heavy atom. The van der Waals surface area contributed by atoms with E-state index in [9.17, 15) is 0 Å². The zero-order valence-corrected chi connectivity index (χ0v) is 14.3. The monoisotopic (exact) mass is 324 g/mol. The van der Waals surface area contributed by atoms with Crippen LogP contribution in [0.5, 0.6) is 0 Å². The molecule has 2 heterocycles. The largest absolute Gasteiger partial charge is 0.448 e. The first kappa shape index (κ1) is 14.2. The van der Waals surface area contributed by atoms with Crippen molar-refractivity contribution in [3.05, 3.63) is 84.2 Å². The van der Waals surface area contributed by atoms with Gasteiger partial charge in [0.15, 0.2) is 11.9 Å². The van der Waals surface area contributed by atoms with E-state index in [2.05, 4.69) is 91.3 Å². The average molecular weight is 324 g/mol. The lowest BCUT2D eigenvalue weighted by molar-refractivity contribution is -0.602. The van der Waals surface area contributed by atoms with Gasteiger partial charge in [0, 0.05) is 40.8 Å². The van der Waals surface area contributed by atoms with Crippen molar-refractivity contribution in [3.8, 4) is 5.69 Å². The van der Waals surface area contributed by atoms with E-state index in [0.29, 0.717) is 0 Å². The molecule has 5 aromatic rings. The van der Waals surface area contributed by atoms with Crippen LogP contribution in [0.15, 0.2) is 77.3 Å². The molecule has 120 valence electrons. The highest BCUT2D eigenvalue weighted by Gasteiger charge is 2.22. The van der Waals surface area contributed by atoms with Crippen molar-refractivity contribution in [2.45, 2.75) is 13.8 Å². The van der Waals surface area contributed by atoms with E-state index < -0.39 is 0 Å². The van der Waals surface area contributed by atoms with E-state index in [-0.39, 0.29) is 0 Å². The molecule has 0 atom stereocenters. The SMILES string of the molecule is Cc1ccc2c(oc3c4ccccc4ccc23)c1-[n+]1ccccc1C. The summed E-state index contributed by atoms with van der Waals surface area (Å²) in [6.45, 7) is 4.26. The molecule has 0 bridgehead atoms. The minimum Gasteiger partial charge on any atom is -0.448 e. The van der Waals surface area contributed by atoms with Crippen molar-refractivity contribution in [1.82, 2.24) is 0 Å². The second kappa shape index (κ2) is 5.18. The van der Waals surface area contributed by atoms with E-state index in [1.807, 2.05) is 0 Å². The van der Waals surface area contributed by atoms with Crippen molar-refractivity contribution in [1.29, 1.82) is 0 Å². The molecule has 0 fully saturated rings. The fraction of sp³-hybridized carbons (Fsp3) is 0.0870. The first-order valence-electron chi connectivity index (χ1n) is 8.55. The first-order chi connectivity index (χ1) is 12.2. The number of nitrogens with zero attached hydrogens (tertiary/aromatic N) is 1. The highest BCUT2D eigenvalue weighted by Crippen LogP contribution is 2.36. The summed E-state index contributed by atoms with van der Waals surface area (Å²) in [4.78, 5) is 0. The molecule has 0 unspecified atom stereocenters. The normalized spacial score (nSPS) is 11.6. The minimum absolute atomic E-state index is 0.950. The molecule has 0 radical (unpaired) electrons. The number of aryl methyl sites for hydroxylation is 2. The van der Waals surface area contributed by atoms with Crippen LogP contribution < -0.4 is 4.57 Å². The van der Waals surface area contributed by atoms with Gasteiger partial charge in [-0.1, -0.05) is 42.5 Å². The highest BCUT2D eigenvalue weighted by atomic mass is 16.3. The number of aromatic nitrogens is 1. The molecule has 0 amide bonds. The quantitative estimate of drug-likeness (QED) is 0.365. The van der Waals surface area contributed by atoms with Crippen molar-refractivity contribution < 1.29 is 8.98 Å². The lowest BCUT2D eigenvalue weighted by Gasteiger charge is -2.03. The Balaban J connectivity index is 1.98. The van der Waals surface area contributed by atoms with Gasteiger partial charge >= 0.3 is 0 Å². The molecule has 0 aliphatic carbocycles. The molecule has 3 aromatic carbocycles. The molecule has 2 aromatic heterocycles. The van der Waals surface area contributed by atoms with Crippen LogP contribution in [0.1, 0.15) is 11.3 Å². The first-order valence-corrected chi connectivity index (χ1v) is 8.55. The Labute approximate surface area is 145 Å². The number of furan rings is 1. The Hall–Kier alpha value is -3.13. The zero-order chi connectivity index (χ0) is 17.0. The summed E-state index contributed by atoms with van der Waals surface area (Å²) in [7, 11) is 0. The number of hydrogen-bond donors (Lipinski definition) is 0. The maximum atomic E-state index is 6.47. The molecule has 5 rings (SSSR count). The van der Waals surface area contributed by atoms with Crippen LogP contribution in [0.3, 0.4) is 0 Å². The van der Waals surface area contributed by atoms with E-state index >= 15 is 0 Å². The Kier molecular flexibility index (Phi) is 2.95. The van der Waals surface area contributed by atoms with Crippen molar-refractivity contribution >= 4 is 32.7 Å². The van der Waals surface area contributed by atoms with Crippen LogP contribution >= 0.6 is 0 Å². The third-order valence-corrected chi connectivity index (χ3v) is 5.01. The summed E-state index contributed by atoms with van der Waals surface area (Å²) < 4.78 is 8.68. The van der Waals surface area contributed by atoms with Gasteiger partial charge in [-0.3, -0.25) is 0 Å². The van der Waals surface area contributed by atoms with E-state index in [0.717, 1.165) is 27.6 Å². The Morgan fingerprint density at radius 3 is 2.32 bits per heavy atom. The van der Waals surface area contributed by atoms with Gasteiger partial charge in [0.1, 0.15) is 5.58 Å². The maximum Gasteiger partial charge on any atom is 0.257 e. The average Bonchev–Trinajstić information content (AvgIpc) is 3.01. The van der Waals surface area contributed by atoms with Crippen LogP contribution in [0, 0.1) is 13.8 Å². The summed E-state index contributed by atoms with van der Waals surface area (Å²) in [5, 5.41) is 4.70. The van der Waals surface area contributed by atoms with Gasteiger partial charge in [0.05, 0.1) is 0 Å². The molecule has 0 N–H and O–H groups in total. The van der Waals surface area contributed by atoms with Gasteiger partial charge in [0.2, 0.25) is 5.58 Å². The number of fused-ring (bicyclic) bond motifs is 5. The lowest BCUT2D eigenvalue weighted by Crippen LogP contribution is -2.34. The van der Waals surface area contributed by atoms with Crippen molar-refractivity contribution in [2.24, 2.45) is 0 Å². The van der Waals surface area contributed by atoms with Crippen LogP contribution in [-0.4, -0.2) is 0 Å². The second-order valence-corrected chi connectivity index (χ2v) is 6.59. The Bertz CT molecular complexity index is 1260. The van der Waals surface area contributed by atoms with E-state index in [4.69, 9.17) is 4.42 Å². The summed E-state index contributed by atoms with van der Waals surface area (Å²) >= 11 is 0. The zero-order valence-electron chi connectivity index (χ0n) is 14.3. The molecule has 2 heteroatoms. The predicted octanol–water partition coefficient (Wildman–Crippen LogP) is 5.63. The van der Waals surface area contributed by atoms with Crippen molar-refractivity contribution in [3.63, 3.8) is 0 Å². The second-order valence-electron chi connectivity index (χ2n) is 6.59. The summed E-state index contributed by atoms with van der Waals surface area (Å²) in [6.07, 6.45) is 2.10. The molecule has 0 saturated heterocycles. The fourth-order valence-corrected chi connectivity index (χ4v) is 3.73. The maximum absolute atomic E-state index is 6.47. The Morgan fingerprint density at radius 1 is 0.680 bits per heavy atom. The van der Waals surface area contributed by atoms with Crippen molar-refractivity contribution in [2.75, 3.05) is 0 Å². The number of rotatable bonds is 1. The van der Waals surface area contributed by atoms with E-state index in [1.54, 1.807) is 0 Å². The smallest absolute Gasteiger partial charge is 0.257 e. The number of pyridine rings is 1. The summed E-state index contributed by atoms with van der Waals surface area (Å²) in [6, 6.07) is 23.3. The van der Waals surface area contributed by atoms with Gasteiger partial charge in [0.25, 0.3) is 5.69 Å². The third-order valence-electron chi connectivity index (χ3n) is 5.01. The summed E-state index contributed by atoms with van der Waals surface area (Å²) in [5.74, 6) is 0. The fourth-order valence-electron chi connectivity index (χ4n) is 3.73. The van der Waals surface area contributed by atoms with E-state index in [1.165, 1.54) is 22.0 Å². The van der Waals surface area contributed by atoms with Gasteiger partial charge in [-0.15, -0.1) is 0 Å². The molecule has 0 aliphatic heterocycles. The van der Waals surface area contributed by atoms with Gasteiger partial charge < -0.3 is 4.42 Å². The standard InChI is InChI=1S/C23H18NO/c1-15-10-12-20-19-13-11-17-8-3-4-9-18(17)22(19)25-23(20)21(15)24-14-6-5-7-16(24)2/h3-14H,1-2H3/q+1. The molecule has 0 saturated carbocycles. The molecule has 0 spiro atoms. The van der Waals surface area contributed by atoms with Crippen LogP contribution in [0.4, 0.5) is 0 Å². The predicted molar refractivity (Wildman–Crippen MR) is 102 cm³/mol. The van der Waals surface area contributed by atoms with Gasteiger partial charge in [-0.25, -0.2) is 0 Å². The number of hydrogen-bond acceptors (Lipinski definition) is 1. The van der Waals surface area contributed by atoms with Gasteiger partial charge in [-0.2, -0.15) is 4.57 Å². The van der Waals surface area contributed by atoms with Gasteiger partial charge in [-0.05, 0) is 24.4 Å². The van der Waals surface area contributed by atoms with Crippen LogP contribution in [-0.2, 0) is 0 Å². The van der Waals surface area contributed by atoms with Crippen LogP contribution in [0.25, 0.3) is 38.4 Å². The molecule has 25 heavy (non-hydrogen) atoms.